The van der Waals surface area contributed by atoms with Gasteiger partial charge in [-0.15, -0.1) is 10.2 Å². The smallest absolute Gasteiger partial charge is 0.355 e. The number of benzene rings is 1. The van der Waals surface area contributed by atoms with E-state index in [4.69, 9.17) is 19.8 Å². The van der Waals surface area contributed by atoms with Crippen molar-refractivity contribution in [3.8, 4) is 11.1 Å². The summed E-state index contributed by atoms with van der Waals surface area (Å²) < 4.78 is 10.2. The first-order valence-electron chi connectivity index (χ1n) is 20.3. The van der Waals surface area contributed by atoms with Gasteiger partial charge in [0.1, 0.15) is 5.82 Å². The topological polar surface area (TPSA) is 134 Å². The van der Waals surface area contributed by atoms with Crippen LogP contribution in [-0.4, -0.2) is 84.3 Å². The van der Waals surface area contributed by atoms with Crippen LogP contribution in [0.3, 0.4) is 0 Å². The number of ether oxygens (including phenoxy) is 1. The SMILES string of the molecule is Cc1c(Nc2nc3ccccc3s2)nnc2c1CCCN2c1ccc(-c2cnn(CC34CC5(C)CC(OCCN6CCCC6)(CC3(C)C5)C4)c2C)c(C(=O)O)n1. The standard InChI is InChI=1S/C43H51N9O3S/c1-27-29-10-9-17-51(37(29)49-48-36(27)47-39-45-32-11-5-6-12-33(32)56-39)34-14-13-30(35(46-34)38(53)54)31-20-44-52(28(31)2)26-42-22-40(3)21-41(42,4)24-43(23-40,25-42)55-19-18-50-15-7-8-16-50/h5-6,11-14,20H,7-10,15-19,21-26H2,1-4H3,(H,53,54)(H,45,47,48). The summed E-state index contributed by atoms with van der Waals surface area (Å²) in [5, 5.41) is 28.9. The summed E-state index contributed by atoms with van der Waals surface area (Å²) in [4.78, 5) is 27.0. The van der Waals surface area contributed by atoms with E-state index in [1.165, 1.54) is 38.8 Å². The molecule has 4 saturated carbocycles. The summed E-state index contributed by atoms with van der Waals surface area (Å²) in [5.74, 6) is 0.867. The maximum absolute atomic E-state index is 12.9. The Labute approximate surface area is 331 Å². The minimum Gasteiger partial charge on any atom is -0.476 e. The van der Waals surface area contributed by atoms with Gasteiger partial charge in [0.05, 0.1) is 28.6 Å². The van der Waals surface area contributed by atoms with Crippen molar-refractivity contribution >= 4 is 50.1 Å². The number of likely N-dealkylation sites (tertiary alicyclic amines) is 1. The van der Waals surface area contributed by atoms with Crippen LogP contribution in [0, 0.1) is 30.1 Å². The third-order valence-electron chi connectivity index (χ3n) is 14.1. The first-order valence-corrected chi connectivity index (χ1v) is 21.2. The van der Waals surface area contributed by atoms with Crippen molar-refractivity contribution in [2.75, 3.05) is 43.0 Å². The van der Waals surface area contributed by atoms with Crippen LogP contribution in [-0.2, 0) is 17.7 Å². The number of aromatic nitrogens is 6. The number of fused-ring (bicyclic) bond motifs is 2. The van der Waals surface area contributed by atoms with Gasteiger partial charge >= 0.3 is 5.97 Å². The summed E-state index contributed by atoms with van der Waals surface area (Å²) in [6, 6.07) is 11.9. The molecule has 2 aliphatic heterocycles. The number of nitrogens with zero attached hydrogens (tertiary/aromatic N) is 8. The predicted molar refractivity (Wildman–Crippen MR) is 218 cm³/mol. The molecule has 1 saturated heterocycles. The number of aromatic carboxylic acids is 1. The minimum absolute atomic E-state index is 0.0138. The molecule has 4 bridgehead atoms. The first-order chi connectivity index (χ1) is 27.0. The van der Waals surface area contributed by atoms with Crippen LogP contribution in [0.1, 0.15) is 92.5 Å². The number of hydrogen-bond acceptors (Lipinski definition) is 11. The molecule has 5 aromatic rings. The van der Waals surface area contributed by atoms with Gasteiger partial charge in [0, 0.05) is 47.6 Å². The molecule has 1 aromatic carbocycles. The highest BCUT2D eigenvalue weighted by atomic mass is 32.1. The maximum Gasteiger partial charge on any atom is 0.355 e. The Morgan fingerprint density at radius 1 is 0.946 bits per heavy atom. The number of carboxylic acid groups (broad SMARTS) is 1. The molecular weight excluding hydrogens is 723 g/mol. The van der Waals surface area contributed by atoms with Gasteiger partial charge in [-0.05, 0) is 125 Å². The molecule has 2 N–H and O–H groups in total. The lowest BCUT2D eigenvalue weighted by atomic mass is 9.65. The summed E-state index contributed by atoms with van der Waals surface area (Å²) in [5.41, 5.74) is 5.86. The van der Waals surface area contributed by atoms with Gasteiger partial charge < -0.3 is 25.0 Å². The molecule has 12 nitrogen and oxygen atoms in total. The summed E-state index contributed by atoms with van der Waals surface area (Å²) >= 11 is 1.58. The molecule has 0 radical (unpaired) electrons. The molecule has 0 spiro atoms. The van der Waals surface area contributed by atoms with E-state index in [-0.39, 0.29) is 27.5 Å². The molecule has 6 heterocycles. The van der Waals surface area contributed by atoms with Crippen LogP contribution in [0.25, 0.3) is 21.3 Å². The lowest BCUT2D eigenvalue weighted by Crippen LogP contribution is -2.45. The van der Waals surface area contributed by atoms with E-state index in [1.54, 1.807) is 11.3 Å². The van der Waals surface area contributed by atoms with Gasteiger partial charge in [0.2, 0.25) is 0 Å². The van der Waals surface area contributed by atoms with Crippen molar-refractivity contribution in [3.63, 3.8) is 0 Å². The molecule has 4 unspecified atom stereocenters. The monoisotopic (exact) mass is 773 g/mol. The summed E-state index contributed by atoms with van der Waals surface area (Å²) in [6.07, 6.45) is 11.9. The Morgan fingerprint density at radius 3 is 2.61 bits per heavy atom. The number of thiazole rings is 1. The van der Waals surface area contributed by atoms with Crippen molar-refractivity contribution in [3.05, 3.63) is 65.1 Å². The van der Waals surface area contributed by atoms with Crippen molar-refractivity contribution in [2.45, 2.75) is 97.6 Å². The van der Waals surface area contributed by atoms with E-state index < -0.39 is 5.97 Å². The van der Waals surface area contributed by atoms with Gasteiger partial charge in [-0.25, -0.2) is 14.8 Å². The fourth-order valence-corrected chi connectivity index (χ4v) is 13.0. The van der Waals surface area contributed by atoms with Gasteiger partial charge in [-0.2, -0.15) is 5.10 Å². The average molecular weight is 774 g/mol. The van der Waals surface area contributed by atoms with Crippen molar-refractivity contribution in [1.82, 2.24) is 34.8 Å². The molecule has 6 aliphatic rings. The summed E-state index contributed by atoms with van der Waals surface area (Å²) in [7, 11) is 0. The lowest BCUT2D eigenvalue weighted by Gasteiger charge is -2.46. The van der Waals surface area contributed by atoms with E-state index in [2.05, 4.69) is 58.9 Å². The maximum atomic E-state index is 12.9. The quantitative estimate of drug-likeness (QED) is 0.134. The second kappa shape index (κ2) is 13.0. The Balaban J connectivity index is 0.904. The third kappa shape index (κ3) is 5.83. The second-order valence-electron chi connectivity index (χ2n) is 18.1. The molecule has 0 amide bonds. The largest absolute Gasteiger partial charge is 0.476 e. The molecular formula is C43H51N9O3S. The molecule has 4 aromatic heterocycles. The molecule has 292 valence electrons. The fraction of sp³-hybridized carbons (Fsp3) is 0.535. The van der Waals surface area contributed by atoms with Crippen LogP contribution in [0.4, 0.5) is 22.6 Å². The van der Waals surface area contributed by atoms with Gasteiger partial charge in [0.25, 0.3) is 0 Å². The highest BCUT2D eigenvalue weighted by molar-refractivity contribution is 7.22. The summed E-state index contributed by atoms with van der Waals surface area (Å²) in [6.45, 7) is 14.8. The van der Waals surface area contributed by atoms with Gasteiger partial charge in [-0.3, -0.25) is 4.68 Å². The van der Waals surface area contributed by atoms with E-state index >= 15 is 0 Å². The number of carboxylic acids is 1. The van der Waals surface area contributed by atoms with Crippen molar-refractivity contribution in [1.29, 1.82) is 0 Å². The Kier molecular flexibility index (Phi) is 8.36. The minimum atomic E-state index is -1.07. The second-order valence-corrected chi connectivity index (χ2v) is 19.2. The van der Waals surface area contributed by atoms with Crippen LogP contribution in [0.5, 0.6) is 0 Å². The van der Waals surface area contributed by atoms with Crippen molar-refractivity contribution < 1.29 is 14.6 Å². The van der Waals surface area contributed by atoms with Crippen LogP contribution in [0.15, 0.2) is 42.6 Å². The molecule has 13 heteroatoms. The molecule has 11 rings (SSSR count). The average Bonchev–Trinajstić information content (AvgIpc) is 3.96. The number of hydrogen-bond donors (Lipinski definition) is 2. The third-order valence-corrected chi connectivity index (χ3v) is 15.1. The van der Waals surface area contributed by atoms with E-state index in [0.29, 0.717) is 29.6 Å². The zero-order valence-corrected chi connectivity index (χ0v) is 33.7. The number of pyridine rings is 1. The Morgan fingerprint density at radius 2 is 1.79 bits per heavy atom. The Hall–Kier alpha value is -4.46. The lowest BCUT2D eigenvalue weighted by molar-refractivity contribution is -0.112. The van der Waals surface area contributed by atoms with E-state index in [0.717, 1.165) is 89.5 Å². The number of para-hydroxylation sites is 1. The van der Waals surface area contributed by atoms with Crippen LogP contribution < -0.4 is 10.2 Å². The zero-order valence-electron chi connectivity index (χ0n) is 32.9. The van der Waals surface area contributed by atoms with Crippen molar-refractivity contribution in [2.24, 2.45) is 16.2 Å². The predicted octanol–water partition coefficient (Wildman–Crippen LogP) is 8.33. The van der Waals surface area contributed by atoms with Crippen LogP contribution in [0.2, 0.25) is 0 Å². The van der Waals surface area contributed by atoms with E-state index in [1.807, 2.05) is 41.4 Å². The number of nitrogens with one attached hydrogen (secondary N) is 1. The number of anilines is 4. The first kappa shape index (κ1) is 35.9. The Bertz CT molecular complexity index is 2340. The number of carbonyl (C=O) groups is 1. The van der Waals surface area contributed by atoms with Gasteiger partial charge in [-0.1, -0.05) is 37.3 Å². The molecule has 4 aliphatic carbocycles. The molecule has 5 fully saturated rings. The zero-order chi connectivity index (χ0) is 38.5. The normalized spacial score (nSPS) is 28.1. The van der Waals surface area contributed by atoms with Gasteiger partial charge in [0.15, 0.2) is 22.5 Å². The number of rotatable bonds is 11. The fourth-order valence-electron chi connectivity index (χ4n) is 12.1. The van der Waals surface area contributed by atoms with Crippen LogP contribution >= 0.6 is 11.3 Å². The highest BCUT2D eigenvalue weighted by Gasteiger charge is 2.73. The molecule has 4 atom stereocenters. The highest BCUT2D eigenvalue weighted by Crippen LogP contribution is 2.78. The van der Waals surface area contributed by atoms with E-state index in [9.17, 15) is 9.90 Å². The molecule has 56 heavy (non-hydrogen) atoms.